The van der Waals surface area contributed by atoms with Gasteiger partial charge in [-0.15, -0.1) is 0 Å². The van der Waals surface area contributed by atoms with E-state index >= 15 is 0 Å². The van der Waals surface area contributed by atoms with E-state index in [0.717, 1.165) is 26.2 Å². The molecule has 1 rings (SSSR count). The lowest BCUT2D eigenvalue weighted by Crippen LogP contribution is -2.57. The summed E-state index contributed by atoms with van der Waals surface area (Å²) in [5, 5.41) is 13.1. The van der Waals surface area contributed by atoms with Gasteiger partial charge in [-0.3, -0.25) is 4.90 Å². The van der Waals surface area contributed by atoms with Gasteiger partial charge in [0.1, 0.15) is 0 Å². The molecule has 0 aromatic rings. The number of ether oxygens (including phenoxy) is 1. The van der Waals surface area contributed by atoms with E-state index in [2.05, 4.69) is 24.1 Å². The zero-order valence-electron chi connectivity index (χ0n) is 12.4. The second-order valence-electron chi connectivity index (χ2n) is 5.96. The number of aliphatic hydroxyl groups is 1. The maximum absolute atomic E-state index is 9.77. The Hall–Kier alpha value is -0.160. The summed E-state index contributed by atoms with van der Waals surface area (Å²) >= 11 is 0. The lowest BCUT2D eigenvalue weighted by atomic mass is 9.93. The molecule has 0 spiro atoms. The summed E-state index contributed by atoms with van der Waals surface area (Å²) in [6.07, 6.45) is 2.47. The van der Waals surface area contributed by atoms with Crippen LogP contribution in [-0.4, -0.2) is 62.6 Å². The summed E-state index contributed by atoms with van der Waals surface area (Å²) in [6, 6.07) is 0. The maximum Gasteiger partial charge on any atom is 0.0628 e. The van der Waals surface area contributed by atoms with Crippen molar-refractivity contribution in [1.29, 1.82) is 0 Å². The summed E-state index contributed by atoms with van der Waals surface area (Å²) < 4.78 is 5.19. The zero-order chi connectivity index (χ0) is 13.6. The van der Waals surface area contributed by atoms with E-state index in [-0.39, 0.29) is 12.1 Å². The maximum atomic E-state index is 9.77. The highest BCUT2D eigenvalue weighted by atomic mass is 16.5. The van der Waals surface area contributed by atoms with Crippen molar-refractivity contribution >= 4 is 0 Å². The van der Waals surface area contributed by atoms with Crippen molar-refractivity contribution in [3.63, 3.8) is 0 Å². The van der Waals surface area contributed by atoms with Crippen LogP contribution in [-0.2, 0) is 4.74 Å². The van der Waals surface area contributed by atoms with Crippen molar-refractivity contribution in [3.8, 4) is 0 Å². The fourth-order valence-electron chi connectivity index (χ4n) is 2.68. The average Bonchev–Trinajstić information content (AvgIpc) is 3.16. The highest BCUT2D eigenvalue weighted by Crippen LogP contribution is 2.39. The smallest absolute Gasteiger partial charge is 0.0628 e. The lowest BCUT2D eigenvalue weighted by Gasteiger charge is -2.38. The number of nitrogens with one attached hydrogen (secondary N) is 1. The molecule has 2 N–H and O–H groups in total. The van der Waals surface area contributed by atoms with Crippen LogP contribution in [0.2, 0.25) is 0 Å². The van der Waals surface area contributed by atoms with Gasteiger partial charge in [0.2, 0.25) is 0 Å². The first-order valence-corrected chi connectivity index (χ1v) is 7.09. The molecule has 0 amide bonds. The topological polar surface area (TPSA) is 44.7 Å². The Balaban J connectivity index is 2.59. The molecule has 1 aliphatic carbocycles. The van der Waals surface area contributed by atoms with Crippen molar-refractivity contribution in [2.75, 3.05) is 47.0 Å². The Morgan fingerprint density at radius 1 is 1.44 bits per heavy atom. The Morgan fingerprint density at radius 3 is 2.50 bits per heavy atom. The van der Waals surface area contributed by atoms with Gasteiger partial charge in [-0.05, 0) is 31.7 Å². The number of hydrogen-bond donors (Lipinski definition) is 2. The van der Waals surface area contributed by atoms with Crippen LogP contribution in [0.1, 0.15) is 26.7 Å². The number of aliphatic hydroxyl groups excluding tert-OH is 1. The molecular weight excluding hydrogens is 228 g/mol. The van der Waals surface area contributed by atoms with Crippen LogP contribution in [0.3, 0.4) is 0 Å². The van der Waals surface area contributed by atoms with Crippen LogP contribution in [0.5, 0.6) is 0 Å². The van der Waals surface area contributed by atoms with Gasteiger partial charge >= 0.3 is 0 Å². The number of hydrogen-bond acceptors (Lipinski definition) is 4. The minimum atomic E-state index is -0.122. The van der Waals surface area contributed by atoms with Gasteiger partial charge in [0.25, 0.3) is 0 Å². The van der Waals surface area contributed by atoms with E-state index in [0.29, 0.717) is 11.8 Å². The Kier molecular flexibility index (Phi) is 6.57. The highest BCUT2D eigenvalue weighted by molar-refractivity contribution is 5.02. The highest BCUT2D eigenvalue weighted by Gasteiger charge is 2.44. The fourth-order valence-corrected chi connectivity index (χ4v) is 2.68. The van der Waals surface area contributed by atoms with Gasteiger partial charge < -0.3 is 15.2 Å². The van der Waals surface area contributed by atoms with Gasteiger partial charge in [-0.1, -0.05) is 13.8 Å². The van der Waals surface area contributed by atoms with Crippen LogP contribution in [0, 0.1) is 11.8 Å². The fraction of sp³-hybridized carbons (Fsp3) is 1.00. The molecule has 0 aromatic heterocycles. The molecule has 1 atom stereocenters. The quantitative estimate of drug-likeness (QED) is 0.612. The molecular formula is C14H30N2O2. The number of nitrogens with zero attached hydrogens (tertiary/aromatic N) is 1. The van der Waals surface area contributed by atoms with E-state index in [1.807, 2.05) is 7.05 Å². The van der Waals surface area contributed by atoms with Crippen molar-refractivity contribution in [3.05, 3.63) is 0 Å². The Morgan fingerprint density at radius 2 is 2.11 bits per heavy atom. The number of rotatable bonds is 10. The molecule has 1 unspecified atom stereocenters. The molecule has 18 heavy (non-hydrogen) atoms. The van der Waals surface area contributed by atoms with E-state index in [1.165, 1.54) is 12.8 Å². The van der Waals surface area contributed by atoms with Gasteiger partial charge in [-0.2, -0.15) is 0 Å². The van der Waals surface area contributed by atoms with E-state index in [1.54, 1.807) is 7.11 Å². The normalized spacial score (nSPS) is 19.5. The molecule has 108 valence electrons. The van der Waals surface area contributed by atoms with Gasteiger partial charge in [0.05, 0.1) is 18.8 Å². The van der Waals surface area contributed by atoms with Crippen molar-refractivity contribution in [2.24, 2.45) is 11.8 Å². The molecule has 0 aliphatic heterocycles. The molecule has 4 heteroatoms. The van der Waals surface area contributed by atoms with Crippen molar-refractivity contribution in [2.45, 2.75) is 32.2 Å². The lowest BCUT2D eigenvalue weighted by molar-refractivity contribution is 0.0727. The second kappa shape index (κ2) is 7.43. The summed E-state index contributed by atoms with van der Waals surface area (Å²) in [7, 11) is 3.71. The zero-order valence-corrected chi connectivity index (χ0v) is 12.4. The largest absolute Gasteiger partial charge is 0.394 e. The van der Waals surface area contributed by atoms with Crippen molar-refractivity contribution in [1.82, 2.24) is 10.2 Å². The molecule has 0 saturated heterocycles. The third-order valence-electron chi connectivity index (χ3n) is 3.88. The van der Waals surface area contributed by atoms with Crippen molar-refractivity contribution < 1.29 is 9.84 Å². The van der Waals surface area contributed by atoms with E-state index < -0.39 is 0 Å². The SMILES string of the molecule is CNC(CO)(CN(CCOC)CC(C)C)C1CC1. The molecule has 1 saturated carbocycles. The first kappa shape index (κ1) is 15.9. The minimum absolute atomic E-state index is 0.122. The standard InChI is InChI=1S/C14H30N2O2/c1-12(2)9-16(7-8-18-4)10-14(11-17,15-3)13-5-6-13/h12-13,15,17H,5-11H2,1-4H3. The van der Waals surface area contributed by atoms with E-state index in [4.69, 9.17) is 4.74 Å². The molecule has 4 nitrogen and oxygen atoms in total. The molecule has 0 bridgehead atoms. The average molecular weight is 258 g/mol. The first-order chi connectivity index (χ1) is 8.57. The molecule has 0 radical (unpaired) electrons. The number of likely N-dealkylation sites (N-methyl/N-ethyl adjacent to an activating group) is 1. The van der Waals surface area contributed by atoms with Gasteiger partial charge in [0, 0.05) is 26.7 Å². The van der Waals surface area contributed by atoms with E-state index in [9.17, 15) is 5.11 Å². The molecule has 1 fully saturated rings. The van der Waals surface area contributed by atoms with Gasteiger partial charge in [-0.25, -0.2) is 0 Å². The summed E-state index contributed by atoms with van der Waals surface area (Å²) in [6.45, 7) is 8.34. The summed E-state index contributed by atoms with van der Waals surface area (Å²) in [5.74, 6) is 1.26. The monoisotopic (exact) mass is 258 g/mol. The number of methoxy groups -OCH3 is 1. The molecule has 0 aromatic carbocycles. The van der Waals surface area contributed by atoms with Crippen LogP contribution >= 0.6 is 0 Å². The van der Waals surface area contributed by atoms with Crippen LogP contribution in [0.4, 0.5) is 0 Å². The predicted molar refractivity (Wildman–Crippen MR) is 74.8 cm³/mol. The van der Waals surface area contributed by atoms with Gasteiger partial charge in [0.15, 0.2) is 0 Å². The summed E-state index contributed by atoms with van der Waals surface area (Å²) in [4.78, 5) is 2.42. The second-order valence-corrected chi connectivity index (χ2v) is 5.96. The third kappa shape index (κ3) is 4.50. The molecule has 1 aliphatic rings. The first-order valence-electron chi connectivity index (χ1n) is 7.09. The predicted octanol–water partition coefficient (Wildman–Crippen LogP) is 0.951. The van der Waals surface area contributed by atoms with Crippen LogP contribution in [0.15, 0.2) is 0 Å². The third-order valence-corrected chi connectivity index (χ3v) is 3.88. The summed E-state index contributed by atoms with van der Waals surface area (Å²) in [5.41, 5.74) is -0.122. The Labute approximate surface area is 112 Å². The minimum Gasteiger partial charge on any atom is -0.394 e. The Bertz CT molecular complexity index is 226. The van der Waals surface area contributed by atoms with Crippen LogP contribution < -0.4 is 5.32 Å². The molecule has 0 heterocycles. The van der Waals surface area contributed by atoms with Crippen LogP contribution in [0.25, 0.3) is 0 Å².